The van der Waals surface area contributed by atoms with Crippen LogP contribution in [-0.4, -0.2) is 76.5 Å². The lowest BCUT2D eigenvalue weighted by atomic mass is 9.89. The molecule has 152 valence electrons. The van der Waals surface area contributed by atoms with Crippen molar-refractivity contribution < 1.29 is 27.1 Å². The molecule has 4 rings (SSSR count). The van der Waals surface area contributed by atoms with Gasteiger partial charge in [0.25, 0.3) is 12.2 Å². The second-order valence-corrected chi connectivity index (χ2v) is 7.33. The highest BCUT2D eigenvalue weighted by Gasteiger charge is 2.51. The highest BCUT2D eigenvalue weighted by Crippen LogP contribution is 2.36. The van der Waals surface area contributed by atoms with Crippen LogP contribution in [0.2, 0.25) is 0 Å². The van der Waals surface area contributed by atoms with Gasteiger partial charge < -0.3 is 9.72 Å². The zero-order valence-corrected chi connectivity index (χ0v) is 15.1. The summed E-state index contributed by atoms with van der Waals surface area (Å²) in [6.07, 6.45) is -5.33. The number of fused-ring (bicyclic) bond motifs is 3. The van der Waals surface area contributed by atoms with Crippen molar-refractivity contribution in [2.24, 2.45) is 0 Å². The number of carbonyl (C=O) groups is 1. The van der Waals surface area contributed by atoms with Crippen LogP contribution in [0.5, 0.6) is 0 Å². The summed E-state index contributed by atoms with van der Waals surface area (Å²) in [5, 5.41) is 0.364. The average molecular weight is 400 g/mol. The van der Waals surface area contributed by atoms with Crippen LogP contribution in [0.4, 0.5) is 17.6 Å². The van der Waals surface area contributed by atoms with Gasteiger partial charge in [0, 0.05) is 35.9 Å². The molecule has 2 aromatic rings. The summed E-state index contributed by atoms with van der Waals surface area (Å²) in [6, 6.07) is 1.96. The summed E-state index contributed by atoms with van der Waals surface area (Å²) in [5.74, 6) is -0.988. The number of carbonyl (C=O) groups excluding carboxylic acids is 1. The normalized spacial score (nSPS) is 27.0. The number of amides is 1. The van der Waals surface area contributed by atoms with Crippen LogP contribution in [0.15, 0.2) is 24.5 Å². The van der Waals surface area contributed by atoms with Gasteiger partial charge in [-0.1, -0.05) is 0 Å². The van der Waals surface area contributed by atoms with Crippen molar-refractivity contribution >= 4 is 16.9 Å². The van der Waals surface area contributed by atoms with Crippen molar-refractivity contribution in [1.82, 2.24) is 19.8 Å². The number of H-pyrrole nitrogens is 1. The van der Waals surface area contributed by atoms with Crippen LogP contribution >= 0.6 is 0 Å². The molecular formula is C18H20F4N4O2. The first kappa shape index (κ1) is 19.1. The van der Waals surface area contributed by atoms with Gasteiger partial charge in [0.15, 0.2) is 0 Å². The van der Waals surface area contributed by atoms with E-state index in [2.05, 4.69) is 9.97 Å². The van der Waals surface area contributed by atoms with Gasteiger partial charge >= 0.3 is 6.18 Å². The van der Waals surface area contributed by atoms with E-state index in [-0.39, 0.29) is 30.5 Å². The van der Waals surface area contributed by atoms with E-state index in [0.717, 1.165) is 0 Å². The van der Waals surface area contributed by atoms with Crippen LogP contribution in [0.25, 0.3) is 11.0 Å². The molecule has 2 aliphatic heterocycles. The molecule has 4 heterocycles. The minimum absolute atomic E-state index is 0.0182. The maximum atomic E-state index is 14.6. The van der Waals surface area contributed by atoms with Gasteiger partial charge in [0.1, 0.15) is 5.65 Å². The van der Waals surface area contributed by atoms with Crippen molar-refractivity contribution in [2.75, 3.05) is 20.3 Å². The lowest BCUT2D eigenvalue weighted by Crippen LogP contribution is -2.62. The molecule has 28 heavy (non-hydrogen) atoms. The fourth-order valence-corrected chi connectivity index (χ4v) is 4.18. The van der Waals surface area contributed by atoms with Crippen molar-refractivity contribution in [3.63, 3.8) is 0 Å². The summed E-state index contributed by atoms with van der Waals surface area (Å²) >= 11 is 0. The Hall–Kier alpha value is -2.20. The van der Waals surface area contributed by atoms with Gasteiger partial charge in [-0.15, -0.1) is 0 Å². The zero-order valence-electron chi connectivity index (χ0n) is 15.1. The molecule has 0 saturated carbocycles. The van der Waals surface area contributed by atoms with E-state index in [1.165, 1.54) is 12.4 Å². The van der Waals surface area contributed by atoms with Crippen LogP contribution in [0.1, 0.15) is 23.2 Å². The Kier molecular flexibility index (Phi) is 4.78. The minimum Gasteiger partial charge on any atom is -0.378 e. The smallest absolute Gasteiger partial charge is 0.378 e. The largest absolute Gasteiger partial charge is 0.438 e. The Bertz CT molecular complexity index is 857. The third-order valence-corrected chi connectivity index (χ3v) is 5.68. The fourth-order valence-electron chi connectivity index (χ4n) is 4.18. The monoisotopic (exact) mass is 400 g/mol. The number of hydrogen-bond donors (Lipinski definition) is 1. The predicted molar refractivity (Wildman–Crippen MR) is 92.4 cm³/mol. The summed E-state index contributed by atoms with van der Waals surface area (Å²) in [7, 11) is 1.88. The number of alkyl halides is 4. The van der Waals surface area contributed by atoms with Crippen LogP contribution in [0, 0.1) is 0 Å². The number of aromatic nitrogens is 2. The molecule has 0 aliphatic carbocycles. The number of nitrogens with one attached hydrogen (secondary N) is 1. The number of halogens is 4. The van der Waals surface area contributed by atoms with Crippen molar-refractivity contribution in [1.29, 1.82) is 0 Å². The second-order valence-electron chi connectivity index (χ2n) is 7.33. The lowest BCUT2D eigenvalue weighted by molar-refractivity contribution is -0.224. The van der Waals surface area contributed by atoms with Gasteiger partial charge in [-0.05, 0) is 32.0 Å². The van der Waals surface area contributed by atoms with E-state index in [1.807, 2.05) is 11.9 Å². The van der Waals surface area contributed by atoms with E-state index in [0.29, 0.717) is 29.1 Å². The summed E-state index contributed by atoms with van der Waals surface area (Å²) in [4.78, 5) is 22.3. The highest BCUT2D eigenvalue weighted by molar-refractivity contribution is 6.06. The topological polar surface area (TPSA) is 61.5 Å². The third-order valence-electron chi connectivity index (χ3n) is 5.68. The molecule has 2 aromatic heterocycles. The van der Waals surface area contributed by atoms with Crippen LogP contribution in [0.3, 0.4) is 0 Å². The van der Waals surface area contributed by atoms with Gasteiger partial charge in [-0.3, -0.25) is 14.6 Å². The quantitative estimate of drug-likeness (QED) is 0.636. The molecule has 4 atom stereocenters. The first-order valence-electron chi connectivity index (χ1n) is 9.02. The number of rotatable bonds is 3. The molecule has 2 fully saturated rings. The number of nitrogens with zero attached hydrogens (tertiary/aromatic N) is 3. The average Bonchev–Trinajstić information content (AvgIpc) is 3.05. The van der Waals surface area contributed by atoms with Gasteiger partial charge in [-0.2, -0.15) is 13.2 Å². The molecule has 10 heteroatoms. The highest BCUT2D eigenvalue weighted by atomic mass is 19.4. The molecule has 6 nitrogen and oxygen atoms in total. The minimum atomic E-state index is -5.17. The number of likely N-dealkylation sites (N-methyl/N-ethyl adjacent to an activating group) is 1. The van der Waals surface area contributed by atoms with Crippen LogP contribution < -0.4 is 0 Å². The number of morpholine rings is 1. The molecule has 1 N–H and O–H groups in total. The Morgan fingerprint density at radius 2 is 2.04 bits per heavy atom. The molecule has 0 aromatic carbocycles. The summed E-state index contributed by atoms with van der Waals surface area (Å²) in [5.41, 5.74) is 0.345. The number of aromatic amines is 1. The van der Waals surface area contributed by atoms with E-state index in [1.54, 1.807) is 12.1 Å². The van der Waals surface area contributed by atoms with Gasteiger partial charge in [0.2, 0.25) is 0 Å². The predicted octanol–water partition coefficient (Wildman–Crippen LogP) is 2.72. The first-order valence-corrected chi connectivity index (χ1v) is 9.02. The van der Waals surface area contributed by atoms with E-state index in [4.69, 9.17) is 4.74 Å². The van der Waals surface area contributed by atoms with Gasteiger partial charge in [0.05, 0.1) is 18.8 Å². The number of hydrogen-bond acceptors (Lipinski definition) is 4. The molecule has 1 unspecified atom stereocenters. The molecule has 2 bridgehead atoms. The Balaban J connectivity index is 1.71. The molecule has 0 radical (unpaired) electrons. The molecular weight excluding hydrogens is 380 g/mol. The number of ether oxygens (including phenoxy) is 1. The van der Waals surface area contributed by atoms with E-state index < -0.39 is 24.4 Å². The molecule has 2 aliphatic rings. The maximum absolute atomic E-state index is 14.6. The standard InChI is InChI=1S/C18H20F4N4O2/c1-25-11-5-10(6-12(25)9-28-8-11)26(17(19)18(20,21)22)16(27)14-7-24-15-13(14)3-2-4-23-15/h2-4,7,10-12,17H,5-6,8-9H2,1H3,(H,23,24)/t10?,11-,12+,17-/m1/s1. The molecule has 2 saturated heterocycles. The number of pyridine rings is 1. The first-order chi connectivity index (χ1) is 13.3. The molecule has 1 amide bonds. The van der Waals surface area contributed by atoms with Crippen molar-refractivity contribution in [2.45, 2.75) is 43.4 Å². The van der Waals surface area contributed by atoms with Gasteiger partial charge in [-0.25, -0.2) is 9.37 Å². The Labute approximate surface area is 158 Å². The van der Waals surface area contributed by atoms with Crippen LogP contribution in [-0.2, 0) is 4.74 Å². The zero-order chi connectivity index (χ0) is 20.1. The van der Waals surface area contributed by atoms with E-state index >= 15 is 0 Å². The Morgan fingerprint density at radius 3 is 2.68 bits per heavy atom. The van der Waals surface area contributed by atoms with Crippen molar-refractivity contribution in [3.05, 3.63) is 30.1 Å². The second kappa shape index (κ2) is 7.00. The van der Waals surface area contributed by atoms with E-state index in [9.17, 15) is 22.4 Å². The number of piperidine rings is 1. The SMILES string of the molecule is CN1[C@@H]2COC[C@H]1CC(N(C(=O)c1c[nH]c3ncccc13)[C@@H](F)C(F)(F)F)C2. The Morgan fingerprint density at radius 1 is 1.36 bits per heavy atom. The maximum Gasteiger partial charge on any atom is 0.438 e. The fraction of sp³-hybridized carbons (Fsp3) is 0.556. The summed E-state index contributed by atoms with van der Waals surface area (Å²) in [6.45, 7) is 0.705. The summed E-state index contributed by atoms with van der Waals surface area (Å²) < 4.78 is 60.0. The van der Waals surface area contributed by atoms with Crippen molar-refractivity contribution in [3.8, 4) is 0 Å². The third kappa shape index (κ3) is 3.24. The lowest BCUT2D eigenvalue weighted by Gasteiger charge is -2.49. The molecule has 0 spiro atoms.